The Morgan fingerprint density at radius 1 is 1.03 bits per heavy atom. The monoisotopic (exact) mass is 447 g/mol. The van der Waals surface area contributed by atoms with Gasteiger partial charge in [0.1, 0.15) is 11.5 Å². The van der Waals surface area contributed by atoms with Crippen LogP contribution in [0.5, 0.6) is 11.5 Å². The molecular weight excluding hydrogens is 426 g/mol. The lowest BCUT2D eigenvalue weighted by molar-refractivity contribution is -0.384. The van der Waals surface area contributed by atoms with Gasteiger partial charge in [-0.05, 0) is 61.4 Å². The molecule has 0 heterocycles. The molecule has 3 aromatic rings. The lowest BCUT2D eigenvalue weighted by atomic mass is 10.1. The summed E-state index contributed by atoms with van der Waals surface area (Å²) in [5.41, 5.74) is 5.02. The first kappa shape index (κ1) is 23.1. The van der Waals surface area contributed by atoms with Crippen molar-refractivity contribution in [2.75, 3.05) is 6.61 Å². The van der Waals surface area contributed by atoms with Crippen molar-refractivity contribution < 1.29 is 24.0 Å². The van der Waals surface area contributed by atoms with E-state index >= 15 is 0 Å². The maximum absolute atomic E-state index is 12.4. The summed E-state index contributed by atoms with van der Waals surface area (Å²) in [4.78, 5) is 34.6. The van der Waals surface area contributed by atoms with E-state index in [0.717, 1.165) is 11.1 Å². The largest absolute Gasteiger partial charge is 0.484 e. The number of hydrazone groups is 1. The molecule has 33 heavy (non-hydrogen) atoms. The number of aryl methyl sites for hydroxylation is 2. The zero-order valence-corrected chi connectivity index (χ0v) is 18.0. The molecule has 3 aromatic carbocycles. The highest BCUT2D eigenvalue weighted by atomic mass is 16.6. The van der Waals surface area contributed by atoms with Crippen molar-refractivity contribution in [2.24, 2.45) is 5.10 Å². The highest BCUT2D eigenvalue weighted by molar-refractivity contribution is 5.93. The van der Waals surface area contributed by atoms with Gasteiger partial charge in [0.05, 0.1) is 16.7 Å². The lowest BCUT2D eigenvalue weighted by Crippen LogP contribution is -2.24. The zero-order valence-electron chi connectivity index (χ0n) is 18.0. The molecule has 0 aromatic heterocycles. The molecule has 0 saturated carbocycles. The number of amides is 1. The van der Waals surface area contributed by atoms with Gasteiger partial charge in [0, 0.05) is 17.7 Å². The van der Waals surface area contributed by atoms with Crippen LogP contribution in [0, 0.1) is 24.0 Å². The van der Waals surface area contributed by atoms with E-state index in [-0.39, 0.29) is 23.6 Å². The fraction of sp³-hybridized carbons (Fsp3) is 0.125. The molecule has 1 N–H and O–H groups in total. The molecule has 0 aliphatic heterocycles. The summed E-state index contributed by atoms with van der Waals surface area (Å²) < 4.78 is 10.8. The van der Waals surface area contributed by atoms with Gasteiger partial charge in [-0.3, -0.25) is 14.9 Å². The Labute approximate surface area is 189 Å². The van der Waals surface area contributed by atoms with Crippen LogP contribution >= 0.6 is 0 Å². The molecule has 0 fully saturated rings. The second-order valence-electron chi connectivity index (χ2n) is 7.06. The number of nitrogens with one attached hydrogen (secondary N) is 1. The van der Waals surface area contributed by atoms with Crippen LogP contribution in [0.25, 0.3) is 0 Å². The third kappa shape index (κ3) is 6.47. The van der Waals surface area contributed by atoms with Crippen LogP contribution in [0.1, 0.15) is 27.0 Å². The Balaban J connectivity index is 1.58. The quantitative estimate of drug-likeness (QED) is 0.183. The van der Waals surface area contributed by atoms with Gasteiger partial charge >= 0.3 is 5.97 Å². The van der Waals surface area contributed by atoms with E-state index in [4.69, 9.17) is 9.47 Å². The number of ether oxygens (including phenoxy) is 2. The number of nitrogens with zero attached hydrogens (tertiary/aromatic N) is 2. The van der Waals surface area contributed by atoms with Gasteiger partial charge in [0.15, 0.2) is 6.61 Å². The first-order valence-electron chi connectivity index (χ1n) is 9.91. The number of rotatable bonds is 8. The van der Waals surface area contributed by atoms with Gasteiger partial charge in [-0.2, -0.15) is 5.10 Å². The fourth-order valence-corrected chi connectivity index (χ4v) is 2.72. The normalized spacial score (nSPS) is 10.6. The van der Waals surface area contributed by atoms with Crippen LogP contribution in [0.3, 0.4) is 0 Å². The molecule has 0 radical (unpaired) electrons. The van der Waals surface area contributed by atoms with Gasteiger partial charge in [-0.15, -0.1) is 0 Å². The smallest absolute Gasteiger partial charge is 0.343 e. The minimum Gasteiger partial charge on any atom is -0.484 e. The highest BCUT2D eigenvalue weighted by Crippen LogP contribution is 2.19. The minimum absolute atomic E-state index is 0.128. The summed E-state index contributed by atoms with van der Waals surface area (Å²) in [7, 11) is 0. The first-order chi connectivity index (χ1) is 15.8. The second kappa shape index (κ2) is 10.7. The van der Waals surface area contributed by atoms with Crippen molar-refractivity contribution in [3.05, 3.63) is 99.1 Å². The maximum atomic E-state index is 12.4. The molecule has 0 atom stereocenters. The van der Waals surface area contributed by atoms with E-state index in [1.54, 1.807) is 30.3 Å². The van der Waals surface area contributed by atoms with Crippen LogP contribution in [-0.2, 0) is 4.79 Å². The number of para-hydroxylation sites is 1. The summed E-state index contributed by atoms with van der Waals surface area (Å²) >= 11 is 0. The lowest BCUT2D eigenvalue weighted by Gasteiger charge is -2.08. The van der Waals surface area contributed by atoms with E-state index in [1.807, 2.05) is 26.0 Å². The van der Waals surface area contributed by atoms with Crippen LogP contribution in [-0.4, -0.2) is 29.6 Å². The summed E-state index contributed by atoms with van der Waals surface area (Å²) in [6, 6.07) is 17.2. The number of non-ortho nitro benzene ring substituents is 1. The predicted octanol–water partition coefficient (Wildman–Crippen LogP) is 3.96. The summed E-state index contributed by atoms with van der Waals surface area (Å²) in [5, 5.41) is 14.6. The number of hydrogen-bond donors (Lipinski definition) is 1. The number of nitro benzene ring substituents is 1. The standard InChI is InChI=1S/C24H21N3O6/c1-16-7-12-21(13-17(16)2)32-15-23(28)26-25-14-19-5-3-4-6-22(19)33-24(29)18-8-10-20(11-9-18)27(30)31/h3-14H,15H2,1-2H3,(H,26,28). The molecule has 0 bridgehead atoms. The molecule has 168 valence electrons. The average molecular weight is 447 g/mol. The fourth-order valence-electron chi connectivity index (χ4n) is 2.72. The van der Waals surface area contributed by atoms with E-state index in [0.29, 0.717) is 11.3 Å². The van der Waals surface area contributed by atoms with Crippen LogP contribution < -0.4 is 14.9 Å². The van der Waals surface area contributed by atoms with Crippen LogP contribution in [0.4, 0.5) is 5.69 Å². The van der Waals surface area contributed by atoms with Gasteiger partial charge < -0.3 is 9.47 Å². The number of carbonyl (C=O) groups is 2. The Morgan fingerprint density at radius 2 is 1.76 bits per heavy atom. The Kier molecular flexibility index (Phi) is 7.48. The number of carbonyl (C=O) groups excluding carboxylic acids is 2. The Hall–Kier alpha value is -4.53. The highest BCUT2D eigenvalue weighted by Gasteiger charge is 2.13. The molecular formula is C24H21N3O6. The van der Waals surface area contributed by atoms with Gasteiger partial charge in [0.2, 0.25) is 0 Å². The van der Waals surface area contributed by atoms with E-state index < -0.39 is 16.8 Å². The van der Waals surface area contributed by atoms with E-state index in [9.17, 15) is 19.7 Å². The van der Waals surface area contributed by atoms with E-state index in [1.165, 1.54) is 30.5 Å². The van der Waals surface area contributed by atoms with Gasteiger partial charge in [-0.25, -0.2) is 10.2 Å². The molecule has 0 spiro atoms. The van der Waals surface area contributed by atoms with Crippen LogP contribution in [0.2, 0.25) is 0 Å². The maximum Gasteiger partial charge on any atom is 0.343 e. The third-order valence-corrected chi connectivity index (χ3v) is 4.68. The molecule has 0 aliphatic rings. The van der Waals surface area contributed by atoms with Gasteiger partial charge in [0.25, 0.3) is 11.6 Å². The third-order valence-electron chi connectivity index (χ3n) is 4.68. The minimum atomic E-state index is -0.684. The van der Waals surface area contributed by atoms with Crippen molar-refractivity contribution in [3.8, 4) is 11.5 Å². The number of esters is 1. The Bertz CT molecular complexity index is 1210. The predicted molar refractivity (Wildman–Crippen MR) is 122 cm³/mol. The average Bonchev–Trinajstić information content (AvgIpc) is 2.81. The topological polar surface area (TPSA) is 120 Å². The summed E-state index contributed by atoms with van der Waals surface area (Å²) in [6.07, 6.45) is 1.34. The molecule has 0 unspecified atom stereocenters. The molecule has 0 aliphatic carbocycles. The molecule has 1 amide bonds. The molecule has 9 nitrogen and oxygen atoms in total. The van der Waals surface area contributed by atoms with Crippen LogP contribution in [0.15, 0.2) is 71.8 Å². The number of hydrogen-bond acceptors (Lipinski definition) is 7. The molecule has 3 rings (SSSR count). The Morgan fingerprint density at radius 3 is 2.45 bits per heavy atom. The van der Waals surface area contributed by atoms with Crippen molar-refractivity contribution in [3.63, 3.8) is 0 Å². The van der Waals surface area contributed by atoms with Crippen molar-refractivity contribution in [1.29, 1.82) is 0 Å². The first-order valence-corrected chi connectivity index (χ1v) is 9.91. The second-order valence-corrected chi connectivity index (χ2v) is 7.06. The molecule has 9 heteroatoms. The van der Waals surface area contributed by atoms with Crippen molar-refractivity contribution >= 4 is 23.8 Å². The molecule has 0 saturated heterocycles. The summed E-state index contributed by atoms with van der Waals surface area (Å²) in [6.45, 7) is 3.73. The van der Waals surface area contributed by atoms with Gasteiger partial charge in [-0.1, -0.05) is 18.2 Å². The summed E-state index contributed by atoms with van der Waals surface area (Å²) in [5.74, 6) is -0.340. The van der Waals surface area contributed by atoms with E-state index in [2.05, 4.69) is 10.5 Å². The van der Waals surface area contributed by atoms with Crippen molar-refractivity contribution in [2.45, 2.75) is 13.8 Å². The zero-order chi connectivity index (χ0) is 23.8. The number of benzene rings is 3. The number of nitro groups is 1. The van der Waals surface area contributed by atoms with Crippen molar-refractivity contribution in [1.82, 2.24) is 5.43 Å². The SMILES string of the molecule is Cc1ccc(OCC(=O)NN=Cc2ccccc2OC(=O)c2ccc([N+](=O)[O-])cc2)cc1C.